The largest absolute Gasteiger partial charge is 0.492 e. The Hall–Kier alpha value is -1.63. The lowest BCUT2D eigenvalue weighted by atomic mass is 9.96. The Morgan fingerprint density at radius 3 is 2.55 bits per heavy atom. The number of halogens is 3. The standard InChI is InChI=1S/C22H24BrFN2O2.ClH/c23-18-1-6-21-17(13-18)15-26(22(21)27)14-16-7-9-25(10-8-16)11-12-28-20-4-2-19(24)3-5-20;/h1-6,13,16H,7-12,14-15H2;1H. The van der Waals surface area contributed by atoms with Crippen LogP contribution in [0.1, 0.15) is 28.8 Å². The number of ether oxygens (including phenoxy) is 1. The molecule has 2 aromatic rings. The number of hydrogen-bond donors (Lipinski definition) is 0. The molecule has 29 heavy (non-hydrogen) atoms. The number of hydrogen-bond acceptors (Lipinski definition) is 3. The molecule has 7 heteroatoms. The maximum absolute atomic E-state index is 12.9. The summed E-state index contributed by atoms with van der Waals surface area (Å²) in [5.41, 5.74) is 1.97. The average Bonchev–Trinajstić information content (AvgIpc) is 2.99. The molecule has 1 fully saturated rings. The van der Waals surface area contributed by atoms with Crippen molar-refractivity contribution in [3.63, 3.8) is 0 Å². The van der Waals surface area contributed by atoms with Gasteiger partial charge in [0.15, 0.2) is 0 Å². The molecule has 0 saturated carbocycles. The molecule has 0 bridgehead atoms. The predicted octanol–water partition coefficient (Wildman–Crippen LogP) is 4.76. The minimum Gasteiger partial charge on any atom is -0.492 e. The maximum atomic E-state index is 12.9. The summed E-state index contributed by atoms with van der Waals surface area (Å²) in [6.07, 6.45) is 2.20. The van der Waals surface area contributed by atoms with E-state index in [9.17, 15) is 9.18 Å². The maximum Gasteiger partial charge on any atom is 0.254 e. The Balaban J connectivity index is 0.00000240. The van der Waals surface area contributed by atoms with E-state index in [0.29, 0.717) is 18.3 Å². The van der Waals surface area contributed by atoms with Crippen molar-refractivity contribution in [3.8, 4) is 5.75 Å². The zero-order chi connectivity index (χ0) is 19.5. The third kappa shape index (κ3) is 5.50. The quantitative estimate of drug-likeness (QED) is 0.594. The first-order valence-electron chi connectivity index (χ1n) is 9.77. The molecule has 0 atom stereocenters. The number of carbonyl (C=O) groups is 1. The van der Waals surface area contributed by atoms with Crippen molar-refractivity contribution in [2.75, 3.05) is 32.8 Å². The van der Waals surface area contributed by atoms with Gasteiger partial charge in [0.05, 0.1) is 0 Å². The van der Waals surface area contributed by atoms with E-state index in [4.69, 9.17) is 4.74 Å². The second kappa shape index (κ2) is 9.92. The second-order valence-electron chi connectivity index (χ2n) is 7.57. The third-order valence-electron chi connectivity index (χ3n) is 5.62. The zero-order valence-electron chi connectivity index (χ0n) is 16.2. The summed E-state index contributed by atoms with van der Waals surface area (Å²) in [6, 6.07) is 12.1. The first-order valence-corrected chi connectivity index (χ1v) is 10.6. The molecule has 0 N–H and O–H groups in total. The summed E-state index contributed by atoms with van der Waals surface area (Å²) in [5.74, 6) is 1.17. The molecule has 2 heterocycles. The molecular formula is C22H25BrClFN2O2. The molecule has 4 nitrogen and oxygen atoms in total. The highest BCUT2D eigenvalue weighted by Crippen LogP contribution is 2.28. The number of rotatable bonds is 6. The topological polar surface area (TPSA) is 32.8 Å². The van der Waals surface area contributed by atoms with Crippen molar-refractivity contribution in [1.29, 1.82) is 0 Å². The van der Waals surface area contributed by atoms with Gasteiger partial charge in [-0.15, -0.1) is 12.4 Å². The van der Waals surface area contributed by atoms with Crippen LogP contribution in [-0.4, -0.2) is 48.5 Å². The van der Waals surface area contributed by atoms with Gasteiger partial charge in [-0.25, -0.2) is 4.39 Å². The van der Waals surface area contributed by atoms with Crippen LogP contribution in [0.5, 0.6) is 5.75 Å². The number of benzene rings is 2. The molecule has 4 rings (SSSR count). The predicted molar refractivity (Wildman–Crippen MR) is 117 cm³/mol. The van der Waals surface area contributed by atoms with Crippen LogP contribution in [0.4, 0.5) is 4.39 Å². The molecule has 156 valence electrons. The molecule has 1 saturated heterocycles. The second-order valence-corrected chi connectivity index (χ2v) is 8.49. The van der Waals surface area contributed by atoms with Crippen LogP contribution < -0.4 is 4.74 Å². The number of likely N-dealkylation sites (tertiary alicyclic amines) is 1. The lowest BCUT2D eigenvalue weighted by molar-refractivity contribution is 0.0708. The van der Waals surface area contributed by atoms with E-state index < -0.39 is 0 Å². The van der Waals surface area contributed by atoms with Crippen molar-refractivity contribution < 1.29 is 13.9 Å². The highest BCUT2D eigenvalue weighted by Gasteiger charge is 2.30. The minimum absolute atomic E-state index is 0. The summed E-state index contributed by atoms with van der Waals surface area (Å²) >= 11 is 3.49. The average molecular weight is 484 g/mol. The van der Waals surface area contributed by atoms with Gasteiger partial charge in [0.25, 0.3) is 5.91 Å². The smallest absolute Gasteiger partial charge is 0.254 e. The molecule has 1 amide bonds. The van der Waals surface area contributed by atoms with Crippen molar-refractivity contribution >= 4 is 34.2 Å². The summed E-state index contributed by atoms with van der Waals surface area (Å²) in [6.45, 7) is 5.08. The molecule has 2 aliphatic rings. The van der Waals surface area contributed by atoms with Crippen LogP contribution in [-0.2, 0) is 6.54 Å². The van der Waals surface area contributed by atoms with Crippen molar-refractivity contribution in [1.82, 2.24) is 9.80 Å². The van der Waals surface area contributed by atoms with Gasteiger partial charge < -0.3 is 9.64 Å². The van der Waals surface area contributed by atoms with E-state index >= 15 is 0 Å². The molecule has 0 aliphatic carbocycles. The van der Waals surface area contributed by atoms with Gasteiger partial charge >= 0.3 is 0 Å². The van der Waals surface area contributed by atoms with E-state index in [1.807, 2.05) is 17.0 Å². The van der Waals surface area contributed by atoms with E-state index in [1.54, 1.807) is 12.1 Å². The van der Waals surface area contributed by atoms with E-state index in [2.05, 4.69) is 26.9 Å². The summed E-state index contributed by atoms with van der Waals surface area (Å²) in [5, 5.41) is 0. The monoisotopic (exact) mass is 482 g/mol. The van der Waals surface area contributed by atoms with Gasteiger partial charge in [0.1, 0.15) is 18.2 Å². The lowest BCUT2D eigenvalue weighted by Gasteiger charge is -2.33. The fourth-order valence-corrected chi connectivity index (χ4v) is 4.43. The van der Waals surface area contributed by atoms with Crippen LogP contribution in [0.2, 0.25) is 0 Å². The van der Waals surface area contributed by atoms with Gasteiger partial charge in [-0.3, -0.25) is 9.69 Å². The number of amides is 1. The zero-order valence-corrected chi connectivity index (χ0v) is 18.6. The SMILES string of the molecule is Cl.O=C1c2ccc(Br)cc2CN1CC1CCN(CCOc2ccc(F)cc2)CC1. The summed E-state index contributed by atoms with van der Waals surface area (Å²) < 4.78 is 19.6. The number of piperidine rings is 1. The van der Waals surface area contributed by atoms with Crippen LogP contribution in [0.3, 0.4) is 0 Å². The fraction of sp³-hybridized carbons (Fsp3) is 0.409. The third-order valence-corrected chi connectivity index (χ3v) is 6.11. The fourth-order valence-electron chi connectivity index (χ4n) is 4.02. The van der Waals surface area contributed by atoms with Crippen LogP contribution in [0.15, 0.2) is 46.9 Å². The first kappa shape index (κ1) is 22.1. The van der Waals surface area contributed by atoms with Crippen molar-refractivity contribution in [3.05, 3.63) is 63.9 Å². The first-order chi connectivity index (χ1) is 13.6. The molecule has 2 aromatic carbocycles. The molecule has 0 spiro atoms. The molecule has 0 radical (unpaired) electrons. The number of carbonyl (C=O) groups excluding carboxylic acids is 1. The summed E-state index contributed by atoms with van der Waals surface area (Å²) in [7, 11) is 0. The molecule has 2 aliphatic heterocycles. The molecular weight excluding hydrogens is 459 g/mol. The lowest BCUT2D eigenvalue weighted by Crippen LogP contribution is -2.40. The van der Waals surface area contributed by atoms with Crippen molar-refractivity contribution in [2.24, 2.45) is 5.92 Å². The van der Waals surface area contributed by atoms with Gasteiger partial charge in [-0.05, 0) is 79.9 Å². The summed E-state index contributed by atoms with van der Waals surface area (Å²) in [4.78, 5) is 17.0. The number of nitrogens with zero attached hydrogens (tertiary/aromatic N) is 2. The van der Waals surface area contributed by atoms with Crippen molar-refractivity contribution in [2.45, 2.75) is 19.4 Å². The van der Waals surface area contributed by atoms with E-state index in [-0.39, 0.29) is 24.1 Å². The molecule has 0 aromatic heterocycles. The Morgan fingerprint density at radius 1 is 1.10 bits per heavy atom. The van der Waals surface area contributed by atoms with Crippen LogP contribution in [0.25, 0.3) is 0 Å². The van der Waals surface area contributed by atoms with Gasteiger partial charge in [0, 0.05) is 29.7 Å². The Morgan fingerprint density at radius 2 is 1.83 bits per heavy atom. The van der Waals surface area contributed by atoms with E-state index in [0.717, 1.165) is 61.2 Å². The normalized spacial score (nSPS) is 17.2. The molecule has 0 unspecified atom stereocenters. The van der Waals surface area contributed by atoms with Gasteiger partial charge in [-0.1, -0.05) is 15.9 Å². The Bertz CT molecular complexity index is 841. The van der Waals surface area contributed by atoms with Crippen LogP contribution in [0, 0.1) is 11.7 Å². The minimum atomic E-state index is -0.248. The Kier molecular flexibility index (Phi) is 7.55. The van der Waals surface area contributed by atoms with E-state index in [1.165, 1.54) is 12.1 Å². The Labute approximate surface area is 185 Å². The van der Waals surface area contributed by atoms with Gasteiger partial charge in [-0.2, -0.15) is 0 Å². The highest BCUT2D eigenvalue weighted by atomic mass is 79.9. The highest BCUT2D eigenvalue weighted by molar-refractivity contribution is 9.10. The van der Waals surface area contributed by atoms with Crippen LogP contribution >= 0.6 is 28.3 Å². The van der Waals surface area contributed by atoms with Gasteiger partial charge in [0.2, 0.25) is 0 Å². The number of fused-ring (bicyclic) bond motifs is 1.